The minimum atomic E-state index is -2.00. The van der Waals surface area contributed by atoms with Crippen LogP contribution in [0.2, 0.25) is 0 Å². The molecular formula is C19H25FN2O4. The van der Waals surface area contributed by atoms with E-state index in [1.165, 1.54) is 9.80 Å². The molecule has 0 spiro atoms. The molecule has 2 aliphatic rings. The summed E-state index contributed by atoms with van der Waals surface area (Å²) in [5, 5.41) is 0. The Bertz CT molecular complexity index is 663. The van der Waals surface area contributed by atoms with Crippen LogP contribution in [0.5, 0.6) is 5.75 Å². The lowest BCUT2D eigenvalue weighted by Crippen LogP contribution is -2.58. The van der Waals surface area contributed by atoms with Crippen LogP contribution < -0.4 is 4.74 Å². The van der Waals surface area contributed by atoms with Gasteiger partial charge in [-0.15, -0.1) is 0 Å². The van der Waals surface area contributed by atoms with Crippen LogP contribution in [0.3, 0.4) is 0 Å². The fraction of sp³-hybridized carbons (Fsp3) is 0.579. The van der Waals surface area contributed by atoms with E-state index in [4.69, 9.17) is 9.47 Å². The van der Waals surface area contributed by atoms with Crippen molar-refractivity contribution in [1.29, 1.82) is 0 Å². The fourth-order valence-electron chi connectivity index (χ4n) is 3.52. The highest BCUT2D eigenvalue weighted by Gasteiger charge is 2.46. The van der Waals surface area contributed by atoms with Crippen molar-refractivity contribution in [3.05, 3.63) is 29.8 Å². The third-order valence-electron chi connectivity index (χ3n) is 4.97. The number of ether oxygens (including phenoxy) is 2. The molecule has 0 bridgehead atoms. The van der Waals surface area contributed by atoms with Gasteiger partial charge in [-0.3, -0.25) is 9.59 Å². The molecule has 6 nitrogen and oxygen atoms in total. The number of alkyl halides is 1. The topological polar surface area (TPSA) is 59.1 Å². The van der Waals surface area contributed by atoms with Crippen molar-refractivity contribution >= 4 is 11.8 Å². The largest absolute Gasteiger partial charge is 0.497 e. The van der Waals surface area contributed by atoms with Crippen LogP contribution in [-0.2, 0) is 20.7 Å². The van der Waals surface area contributed by atoms with Crippen LogP contribution in [-0.4, -0.2) is 73.8 Å². The van der Waals surface area contributed by atoms with Crippen molar-refractivity contribution in [2.24, 2.45) is 0 Å². The first-order valence-electron chi connectivity index (χ1n) is 8.98. The Labute approximate surface area is 152 Å². The average Bonchev–Trinajstić information content (AvgIpc) is 2.68. The Morgan fingerprint density at radius 1 is 1.23 bits per heavy atom. The summed E-state index contributed by atoms with van der Waals surface area (Å²) in [7, 11) is 1.57. The van der Waals surface area contributed by atoms with Crippen LogP contribution in [0.15, 0.2) is 24.3 Å². The molecule has 0 radical (unpaired) electrons. The summed E-state index contributed by atoms with van der Waals surface area (Å²) in [6.07, 6.45) is 0.807. The molecule has 0 saturated carbocycles. The average molecular weight is 364 g/mol. The molecule has 2 heterocycles. The van der Waals surface area contributed by atoms with Gasteiger partial charge in [0.25, 0.3) is 5.91 Å². The van der Waals surface area contributed by atoms with Gasteiger partial charge in [-0.05, 0) is 30.5 Å². The number of morpholine rings is 1. The van der Waals surface area contributed by atoms with Crippen molar-refractivity contribution in [2.75, 3.05) is 46.5 Å². The number of likely N-dealkylation sites (tertiary alicyclic amines) is 1. The van der Waals surface area contributed by atoms with Crippen LogP contribution in [0.1, 0.15) is 18.4 Å². The highest BCUT2D eigenvalue weighted by molar-refractivity contribution is 5.87. The molecule has 1 atom stereocenters. The maximum Gasteiger partial charge on any atom is 0.262 e. The molecule has 3 rings (SSSR count). The van der Waals surface area contributed by atoms with Crippen molar-refractivity contribution in [3.8, 4) is 5.75 Å². The number of rotatable bonds is 4. The van der Waals surface area contributed by atoms with Gasteiger partial charge in [0.15, 0.2) is 0 Å². The van der Waals surface area contributed by atoms with Crippen LogP contribution in [0.25, 0.3) is 0 Å². The third kappa shape index (κ3) is 4.15. The lowest BCUT2D eigenvalue weighted by Gasteiger charge is -2.40. The number of nitrogens with zero attached hydrogens (tertiary/aromatic N) is 2. The maximum atomic E-state index is 15.4. The van der Waals surface area contributed by atoms with E-state index in [2.05, 4.69) is 0 Å². The standard InChI is InChI=1S/C19H25FN2O4/c1-25-16-5-2-4-15(12-16)13-17(23)22-7-3-6-19(20,14-22)18(24)21-8-10-26-11-9-21/h2,4-5,12H,3,6-11,13-14H2,1H3. The summed E-state index contributed by atoms with van der Waals surface area (Å²) >= 11 is 0. The third-order valence-corrected chi connectivity index (χ3v) is 4.97. The van der Waals surface area contributed by atoms with E-state index < -0.39 is 11.6 Å². The first-order valence-corrected chi connectivity index (χ1v) is 8.98. The predicted octanol–water partition coefficient (Wildman–Crippen LogP) is 1.43. The molecule has 2 saturated heterocycles. The zero-order chi connectivity index (χ0) is 18.6. The van der Waals surface area contributed by atoms with Crippen molar-refractivity contribution in [2.45, 2.75) is 24.9 Å². The highest BCUT2D eigenvalue weighted by atomic mass is 19.1. The summed E-state index contributed by atoms with van der Waals surface area (Å²) < 4.78 is 25.8. The van der Waals surface area contributed by atoms with E-state index in [-0.39, 0.29) is 25.3 Å². The maximum absolute atomic E-state index is 15.4. The first-order chi connectivity index (χ1) is 12.5. The number of carbonyl (C=O) groups is 2. The highest BCUT2D eigenvalue weighted by Crippen LogP contribution is 2.28. The minimum absolute atomic E-state index is 0.159. The molecule has 2 aliphatic heterocycles. The SMILES string of the molecule is COc1cccc(CC(=O)N2CCCC(F)(C(=O)N3CCOCC3)C2)c1. The molecule has 1 aromatic carbocycles. The van der Waals surface area contributed by atoms with E-state index in [1.54, 1.807) is 13.2 Å². The molecule has 142 valence electrons. The lowest BCUT2D eigenvalue weighted by molar-refractivity contribution is -0.154. The number of halogens is 1. The van der Waals surface area contributed by atoms with Gasteiger partial charge in [-0.25, -0.2) is 4.39 Å². The number of amides is 2. The normalized spacial score (nSPS) is 23.6. The Morgan fingerprint density at radius 3 is 2.73 bits per heavy atom. The van der Waals surface area contributed by atoms with E-state index in [0.29, 0.717) is 45.0 Å². The number of hydrogen-bond donors (Lipinski definition) is 0. The molecule has 0 aliphatic carbocycles. The van der Waals surface area contributed by atoms with Crippen molar-refractivity contribution in [1.82, 2.24) is 9.80 Å². The summed E-state index contributed by atoms with van der Waals surface area (Å²) in [5.74, 6) is -0.00860. The van der Waals surface area contributed by atoms with Crippen molar-refractivity contribution in [3.63, 3.8) is 0 Å². The number of piperidine rings is 1. The van der Waals surface area contributed by atoms with Gasteiger partial charge < -0.3 is 19.3 Å². The van der Waals surface area contributed by atoms with E-state index >= 15 is 4.39 Å². The summed E-state index contributed by atoms with van der Waals surface area (Å²) in [5.41, 5.74) is -1.19. The molecule has 0 N–H and O–H groups in total. The van der Waals surface area contributed by atoms with Gasteiger partial charge in [0.2, 0.25) is 11.6 Å². The first kappa shape index (κ1) is 18.6. The Balaban J connectivity index is 1.64. The van der Waals surface area contributed by atoms with Gasteiger partial charge >= 0.3 is 0 Å². The Kier molecular flexibility index (Phi) is 5.76. The molecule has 7 heteroatoms. The molecule has 0 aromatic heterocycles. The van der Waals surface area contributed by atoms with E-state index in [9.17, 15) is 9.59 Å². The second-order valence-electron chi connectivity index (χ2n) is 6.82. The Hall–Kier alpha value is -2.15. The quantitative estimate of drug-likeness (QED) is 0.811. The second kappa shape index (κ2) is 8.03. The number of methoxy groups -OCH3 is 1. The zero-order valence-electron chi connectivity index (χ0n) is 15.1. The molecule has 2 fully saturated rings. The van der Waals surface area contributed by atoms with E-state index in [1.807, 2.05) is 18.2 Å². The lowest BCUT2D eigenvalue weighted by atomic mass is 9.92. The second-order valence-corrected chi connectivity index (χ2v) is 6.82. The molecule has 1 unspecified atom stereocenters. The molecule has 2 amide bonds. The Morgan fingerprint density at radius 2 is 2.00 bits per heavy atom. The summed E-state index contributed by atoms with van der Waals surface area (Å²) in [6.45, 7) is 1.97. The summed E-state index contributed by atoms with van der Waals surface area (Å²) in [6, 6.07) is 7.26. The number of hydrogen-bond acceptors (Lipinski definition) is 4. The van der Waals surface area contributed by atoms with Gasteiger partial charge in [0, 0.05) is 19.6 Å². The molecular weight excluding hydrogens is 339 g/mol. The van der Waals surface area contributed by atoms with Gasteiger partial charge in [-0.2, -0.15) is 0 Å². The van der Waals surface area contributed by atoms with Crippen LogP contribution in [0, 0.1) is 0 Å². The fourth-order valence-corrected chi connectivity index (χ4v) is 3.52. The number of carbonyl (C=O) groups excluding carboxylic acids is 2. The summed E-state index contributed by atoms with van der Waals surface area (Å²) in [4.78, 5) is 28.2. The van der Waals surface area contributed by atoms with Crippen LogP contribution >= 0.6 is 0 Å². The predicted molar refractivity (Wildman–Crippen MR) is 93.8 cm³/mol. The monoisotopic (exact) mass is 364 g/mol. The smallest absolute Gasteiger partial charge is 0.262 e. The van der Waals surface area contributed by atoms with Gasteiger partial charge in [0.05, 0.1) is 33.3 Å². The number of benzene rings is 1. The van der Waals surface area contributed by atoms with Gasteiger partial charge in [-0.1, -0.05) is 12.1 Å². The molecule has 1 aromatic rings. The van der Waals surface area contributed by atoms with E-state index in [0.717, 1.165) is 5.56 Å². The van der Waals surface area contributed by atoms with Crippen molar-refractivity contribution < 1.29 is 23.5 Å². The zero-order valence-corrected chi connectivity index (χ0v) is 15.1. The molecule has 26 heavy (non-hydrogen) atoms. The van der Waals surface area contributed by atoms with Crippen LogP contribution in [0.4, 0.5) is 4.39 Å². The van der Waals surface area contributed by atoms with Gasteiger partial charge in [0.1, 0.15) is 5.75 Å². The minimum Gasteiger partial charge on any atom is -0.497 e.